The van der Waals surface area contributed by atoms with E-state index in [4.69, 9.17) is 0 Å². The number of halogens is 2. The molecule has 0 aliphatic carbocycles. The second-order valence-corrected chi connectivity index (χ2v) is 6.53. The summed E-state index contributed by atoms with van der Waals surface area (Å²) in [4.78, 5) is 23.6. The SMILES string of the molecule is CC(C)(C)C(C(=O)O)C(=O)Nc1ccccc1SC(F)F. The lowest BCUT2D eigenvalue weighted by Gasteiger charge is -2.26. The van der Waals surface area contributed by atoms with Crippen LogP contribution >= 0.6 is 11.8 Å². The van der Waals surface area contributed by atoms with Gasteiger partial charge in [-0.1, -0.05) is 44.7 Å². The normalized spacial score (nSPS) is 13.0. The monoisotopic (exact) mass is 317 g/mol. The quantitative estimate of drug-likeness (QED) is 0.642. The van der Waals surface area contributed by atoms with Crippen LogP contribution in [0.1, 0.15) is 20.8 Å². The number of hydrogen-bond donors (Lipinski definition) is 2. The van der Waals surface area contributed by atoms with Crippen molar-refractivity contribution in [3.05, 3.63) is 24.3 Å². The molecule has 1 amide bonds. The highest BCUT2D eigenvalue weighted by Gasteiger charge is 2.37. The first-order valence-corrected chi connectivity index (χ1v) is 7.08. The van der Waals surface area contributed by atoms with E-state index in [-0.39, 0.29) is 10.6 Å². The molecule has 0 saturated carbocycles. The molecule has 0 radical (unpaired) electrons. The van der Waals surface area contributed by atoms with E-state index in [1.54, 1.807) is 32.9 Å². The summed E-state index contributed by atoms with van der Waals surface area (Å²) < 4.78 is 24.9. The molecule has 0 heterocycles. The first-order chi connectivity index (χ1) is 9.62. The molecule has 0 spiro atoms. The van der Waals surface area contributed by atoms with Gasteiger partial charge in [0.25, 0.3) is 5.76 Å². The van der Waals surface area contributed by atoms with Gasteiger partial charge in [0.15, 0.2) is 0 Å². The van der Waals surface area contributed by atoms with Crippen LogP contribution in [0.3, 0.4) is 0 Å². The number of carboxylic acids is 1. The van der Waals surface area contributed by atoms with Crippen LogP contribution in [0.4, 0.5) is 14.5 Å². The van der Waals surface area contributed by atoms with Gasteiger partial charge in [-0.15, -0.1) is 0 Å². The summed E-state index contributed by atoms with van der Waals surface area (Å²) >= 11 is 0.299. The zero-order chi connectivity index (χ0) is 16.2. The van der Waals surface area contributed by atoms with E-state index in [0.29, 0.717) is 11.8 Å². The van der Waals surface area contributed by atoms with E-state index in [2.05, 4.69) is 5.32 Å². The number of rotatable bonds is 5. The minimum Gasteiger partial charge on any atom is -0.481 e. The fraction of sp³-hybridized carbons (Fsp3) is 0.429. The largest absolute Gasteiger partial charge is 0.481 e. The average Bonchev–Trinajstić information content (AvgIpc) is 2.28. The molecule has 2 N–H and O–H groups in total. The Labute approximate surface area is 125 Å². The third-order valence-corrected chi connectivity index (χ3v) is 3.52. The molecule has 1 unspecified atom stereocenters. The molecule has 21 heavy (non-hydrogen) atoms. The zero-order valence-corrected chi connectivity index (χ0v) is 12.7. The lowest BCUT2D eigenvalue weighted by atomic mass is 9.80. The summed E-state index contributed by atoms with van der Waals surface area (Å²) in [5.74, 6) is -5.88. The number of carbonyl (C=O) groups excluding carboxylic acids is 1. The third-order valence-electron chi connectivity index (χ3n) is 2.74. The Morgan fingerprint density at radius 1 is 1.24 bits per heavy atom. The van der Waals surface area contributed by atoms with Gasteiger partial charge < -0.3 is 10.4 Å². The Hall–Kier alpha value is -1.63. The number of hydrogen-bond acceptors (Lipinski definition) is 3. The molecule has 0 fully saturated rings. The Morgan fingerprint density at radius 3 is 2.29 bits per heavy atom. The van der Waals surface area contributed by atoms with Crippen molar-refractivity contribution in [1.82, 2.24) is 0 Å². The second kappa shape index (κ2) is 6.89. The van der Waals surface area contributed by atoms with Crippen LogP contribution in [0.2, 0.25) is 0 Å². The van der Waals surface area contributed by atoms with Gasteiger partial charge in [0.1, 0.15) is 5.92 Å². The Bertz CT molecular complexity index is 529. The first-order valence-electron chi connectivity index (χ1n) is 6.20. The number of thioether (sulfide) groups is 1. The molecular formula is C14H17F2NO3S. The van der Waals surface area contributed by atoms with Crippen molar-refractivity contribution in [2.75, 3.05) is 5.32 Å². The van der Waals surface area contributed by atoms with Gasteiger partial charge in [0.05, 0.1) is 5.69 Å². The zero-order valence-electron chi connectivity index (χ0n) is 11.9. The number of aliphatic carboxylic acids is 1. The van der Waals surface area contributed by atoms with Crippen molar-refractivity contribution >= 4 is 29.3 Å². The maximum Gasteiger partial charge on any atom is 0.316 e. The fourth-order valence-corrected chi connectivity index (χ4v) is 2.44. The second-order valence-electron chi connectivity index (χ2n) is 5.50. The number of alkyl halides is 2. The highest BCUT2D eigenvalue weighted by Crippen LogP contribution is 2.33. The van der Waals surface area contributed by atoms with Crippen molar-refractivity contribution in [1.29, 1.82) is 0 Å². The third kappa shape index (κ3) is 5.00. The maximum absolute atomic E-state index is 12.5. The molecule has 0 bridgehead atoms. The molecule has 4 nitrogen and oxygen atoms in total. The molecule has 7 heteroatoms. The number of amides is 1. The summed E-state index contributed by atoms with van der Waals surface area (Å²) in [7, 11) is 0. The molecule has 1 rings (SSSR count). The van der Waals surface area contributed by atoms with E-state index in [0.717, 1.165) is 0 Å². The fourth-order valence-electron chi connectivity index (χ4n) is 1.85. The van der Waals surface area contributed by atoms with Crippen LogP contribution in [0.25, 0.3) is 0 Å². The summed E-state index contributed by atoms with van der Waals surface area (Å²) in [6, 6.07) is 6.06. The van der Waals surface area contributed by atoms with Crippen LogP contribution in [0, 0.1) is 11.3 Å². The molecule has 0 aliphatic rings. The van der Waals surface area contributed by atoms with E-state index in [1.807, 2.05) is 0 Å². The topological polar surface area (TPSA) is 66.4 Å². The van der Waals surface area contributed by atoms with Gasteiger partial charge in [-0.2, -0.15) is 8.78 Å². The van der Waals surface area contributed by atoms with Gasteiger partial charge in [-0.25, -0.2) is 0 Å². The number of nitrogens with one attached hydrogen (secondary N) is 1. The van der Waals surface area contributed by atoms with Gasteiger partial charge in [-0.3, -0.25) is 9.59 Å². The van der Waals surface area contributed by atoms with Crippen molar-refractivity contribution in [2.45, 2.75) is 31.4 Å². The molecule has 1 aromatic rings. The van der Waals surface area contributed by atoms with Crippen molar-refractivity contribution in [2.24, 2.45) is 11.3 Å². The number of carboxylic acid groups (broad SMARTS) is 1. The van der Waals surface area contributed by atoms with Crippen LogP contribution in [0.15, 0.2) is 29.2 Å². The number of carbonyl (C=O) groups is 2. The molecular weight excluding hydrogens is 300 g/mol. The molecule has 116 valence electrons. The standard InChI is InChI=1S/C14H17F2NO3S/c1-14(2,3)10(12(19)20)11(18)17-8-6-4-5-7-9(8)21-13(15)16/h4-7,10,13H,1-3H3,(H,17,18)(H,19,20). The van der Waals surface area contributed by atoms with Gasteiger partial charge >= 0.3 is 5.97 Å². The van der Waals surface area contributed by atoms with Crippen LogP contribution < -0.4 is 5.32 Å². The minimum absolute atomic E-state index is 0.184. The lowest BCUT2D eigenvalue weighted by Crippen LogP contribution is -2.39. The van der Waals surface area contributed by atoms with Gasteiger partial charge in [0, 0.05) is 4.90 Å². The van der Waals surface area contributed by atoms with Gasteiger partial charge in [-0.05, 0) is 17.5 Å². The summed E-state index contributed by atoms with van der Waals surface area (Å²) in [6.45, 7) is 4.89. The van der Waals surface area contributed by atoms with E-state index in [1.165, 1.54) is 12.1 Å². The highest BCUT2D eigenvalue weighted by molar-refractivity contribution is 7.99. The van der Waals surface area contributed by atoms with E-state index >= 15 is 0 Å². The van der Waals surface area contributed by atoms with Crippen molar-refractivity contribution in [3.63, 3.8) is 0 Å². The van der Waals surface area contributed by atoms with Gasteiger partial charge in [0.2, 0.25) is 5.91 Å². The molecule has 1 atom stereocenters. The maximum atomic E-state index is 12.5. The number of anilines is 1. The van der Waals surface area contributed by atoms with E-state index < -0.39 is 29.0 Å². The Balaban J connectivity index is 3.00. The van der Waals surface area contributed by atoms with Crippen molar-refractivity contribution in [3.8, 4) is 0 Å². The Kier molecular flexibility index (Phi) is 5.71. The molecule has 1 aromatic carbocycles. The Morgan fingerprint density at radius 2 is 1.81 bits per heavy atom. The molecule has 0 saturated heterocycles. The van der Waals surface area contributed by atoms with Crippen molar-refractivity contribution < 1.29 is 23.5 Å². The number of benzene rings is 1. The van der Waals surface area contributed by atoms with E-state index in [9.17, 15) is 23.5 Å². The predicted molar refractivity (Wildman–Crippen MR) is 77.5 cm³/mol. The van der Waals surface area contributed by atoms with Crippen LogP contribution in [-0.4, -0.2) is 22.7 Å². The van der Waals surface area contributed by atoms with Crippen LogP contribution in [-0.2, 0) is 9.59 Å². The smallest absolute Gasteiger partial charge is 0.316 e. The summed E-state index contributed by atoms with van der Waals surface area (Å²) in [6.07, 6.45) is 0. The summed E-state index contributed by atoms with van der Waals surface area (Å²) in [5.41, 5.74) is -0.607. The average molecular weight is 317 g/mol. The highest BCUT2D eigenvalue weighted by atomic mass is 32.2. The summed E-state index contributed by atoms with van der Waals surface area (Å²) in [5, 5.41) is 11.6. The van der Waals surface area contributed by atoms with Crippen LogP contribution in [0.5, 0.6) is 0 Å². The number of para-hydroxylation sites is 1. The minimum atomic E-state index is -2.62. The lowest BCUT2D eigenvalue weighted by molar-refractivity contribution is -0.149. The molecule has 0 aromatic heterocycles. The molecule has 0 aliphatic heterocycles. The predicted octanol–water partition coefficient (Wildman–Crippen LogP) is 3.69. The first kappa shape index (κ1) is 17.4.